The minimum atomic E-state index is -0.367. The fraction of sp³-hybridized carbons (Fsp3) is 0. The molecule has 0 fully saturated rings. The zero-order valence-corrected chi connectivity index (χ0v) is 9.44. The molecule has 4 nitrogen and oxygen atoms in total. The summed E-state index contributed by atoms with van der Waals surface area (Å²) in [7, 11) is 0. The summed E-state index contributed by atoms with van der Waals surface area (Å²) >= 11 is 0. The van der Waals surface area contributed by atoms with E-state index in [1.165, 1.54) is 0 Å². The van der Waals surface area contributed by atoms with Crippen molar-refractivity contribution in [2.24, 2.45) is 0 Å². The molecule has 3 rings (SSSR count). The smallest absolute Gasteiger partial charge is 0.258 e. The highest BCUT2D eigenvalue weighted by Gasteiger charge is 2.26. The number of aromatic amines is 1. The monoisotopic (exact) mass is 238 g/mol. The van der Waals surface area contributed by atoms with Gasteiger partial charge in [0.15, 0.2) is 0 Å². The highest BCUT2D eigenvalue weighted by atomic mass is 16.2. The number of aromatic nitrogens is 1. The molecule has 0 radical (unpaired) electrons. The van der Waals surface area contributed by atoms with Crippen LogP contribution in [0.15, 0.2) is 42.6 Å². The summed E-state index contributed by atoms with van der Waals surface area (Å²) in [5, 5.41) is 2.34. The second-order valence-corrected chi connectivity index (χ2v) is 4.01. The summed E-state index contributed by atoms with van der Waals surface area (Å²) in [6, 6.07) is 10.8. The number of nitrogens with one attached hydrogen (secondary N) is 2. The van der Waals surface area contributed by atoms with E-state index in [0.29, 0.717) is 16.7 Å². The van der Waals surface area contributed by atoms with Crippen molar-refractivity contribution in [3.8, 4) is 0 Å². The summed E-state index contributed by atoms with van der Waals surface area (Å²) in [5.41, 5.74) is 2.51. The Morgan fingerprint density at radius 2 is 1.67 bits per heavy atom. The van der Waals surface area contributed by atoms with Gasteiger partial charge in [-0.3, -0.25) is 14.9 Å². The Labute approximate surface area is 103 Å². The van der Waals surface area contributed by atoms with Gasteiger partial charge in [0.1, 0.15) is 0 Å². The van der Waals surface area contributed by atoms with E-state index in [4.69, 9.17) is 0 Å². The summed E-state index contributed by atoms with van der Waals surface area (Å²) in [6.45, 7) is 0. The van der Waals surface area contributed by atoms with Crippen LogP contribution in [0.1, 0.15) is 21.6 Å². The van der Waals surface area contributed by atoms with E-state index >= 15 is 0 Å². The fourth-order valence-corrected chi connectivity index (χ4v) is 2.01. The lowest BCUT2D eigenvalue weighted by Crippen LogP contribution is -2.36. The van der Waals surface area contributed by atoms with E-state index in [9.17, 15) is 9.59 Å². The molecule has 0 saturated heterocycles. The van der Waals surface area contributed by atoms with Gasteiger partial charge in [-0.2, -0.15) is 0 Å². The van der Waals surface area contributed by atoms with Crippen molar-refractivity contribution >= 4 is 23.5 Å². The molecule has 0 atom stereocenters. The summed E-state index contributed by atoms with van der Waals surface area (Å²) in [5.74, 6) is -0.715. The summed E-state index contributed by atoms with van der Waals surface area (Å²) in [6.07, 6.45) is 3.52. The molecule has 1 aromatic carbocycles. The zero-order chi connectivity index (χ0) is 12.5. The van der Waals surface area contributed by atoms with Crippen LogP contribution in [0.2, 0.25) is 0 Å². The predicted octanol–water partition coefficient (Wildman–Crippen LogP) is 1.83. The lowest BCUT2D eigenvalue weighted by molar-refractivity contribution is -0.114. The van der Waals surface area contributed by atoms with Gasteiger partial charge in [0.05, 0.1) is 0 Å². The lowest BCUT2D eigenvalue weighted by Gasteiger charge is -2.17. The Kier molecular flexibility index (Phi) is 2.34. The van der Waals surface area contributed by atoms with Gasteiger partial charge in [-0.15, -0.1) is 0 Å². The average Bonchev–Trinajstić information content (AvgIpc) is 2.87. The number of fused-ring (bicyclic) bond motifs is 1. The van der Waals surface area contributed by atoms with E-state index < -0.39 is 0 Å². The van der Waals surface area contributed by atoms with E-state index in [1.54, 1.807) is 30.5 Å². The van der Waals surface area contributed by atoms with Crippen molar-refractivity contribution in [2.45, 2.75) is 0 Å². The van der Waals surface area contributed by atoms with Crippen LogP contribution in [-0.4, -0.2) is 16.8 Å². The Morgan fingerprint density at radius 3 is 2.39 bits per heavy atom. The maximum Gasteiger partial charge on any atom is 0.258 e. The van der Waals surface area contributed by atoms with Crippen molar-refractivity contribution in [2.75, 3.05) is 0 Å². The standard InChI is InChI=1S/C14H10N2O2/c17-13-11-6-2-1-5-10(11)12(14(18)16-13)8-9-4-3-7-15-9/h1-8,15H,(H,16,17,18)/b12-8-. The maximum atomic E-state index is 11.9. The molecule has 0 bridgehead atoms. The van der Waals surface area contributed by atoms with E-state index in [0.717, 1.165) is 5.69 Å². The Bertz CT molecular complexity index is 654. The number of hydrogen-bond donors (Lipinski definition) is 2. The molecule has 1 aliphatic rings. The minimum absolute atomic E-state index is 0.348. The third-order valence-corrected chi connectivity index (χ3v) is 2.86. The number of imide groups is 1. The third kappa shape index (κ3) is 1.64. The number of hydrogen-bond acceptors (Lipinski definition) is 2. The first kappa shape index (κ1) is 10.5. The topological polar surface area (TPSA) is 62.0 Å². The molecule has 0 aliphatic carbocycles. The van der Waals surface area contributed by atoms with Crippen LogP contribution in [0.4, 0.5) is 0 Å². The summed E-state index contributed by atoms with van der Waals surface area (Å²) < 4.78 is 0. The zero-order valence-electron chi connectivity index (χ0n) is 9.44. The molecule has 2 amide bonds. The highest BCUT2D eigenvalue weighted by molar-refractivity contribution is 6.33. The number of carbonyl (C=O) groups is 2. The first-order valence-electron chi connectivity index (χ1n) is 5.56. The van der Waals surface area contributed by atoms with Crippen LogP contribution < -0.4 is 5.32 Å². The molecular weight excluding hydrogens is 228 g/mol. The third-order valence-electron chi connectivity index (χ3n) is 2.86. The van der Waals surface area contributed by atoms with Gasteiger partial charge in [0.2, 0.25) is 0 Å². The molecule has 0 unspecified atom stereocenters. The molecule has 0 spiro atoms. The number of rotatable bonds is 1. The van der Waals surface area contributed by atoms with Crippen molar-refractivity contribution < 1.29 is 9.59 Å². The number of H-pyrrole nitrogens is 1. The van der Waals surface area contributed by atoms with Crippen LogP contribution >= 0.6 is 0 Å². The fourth-order valence-electron chi connectivity index (χ4n) is 2.01. The molecule has 2 N–H and O–H groups in total. The molecule has 2 aromatic rings. The van der Waals surface area contributed by atoms with Crippen LogP contribution in [0.25, 0.3) is 11.6 Å². The molecular formula is C14H10N2O2. The van der Waals surface area contributed by atoms with Gasteiger partial charge < -0.3 is 4.98 Å². The molecule has 0 saturated carbocycles. The molecule has 18 heavy (non-hydrogen) atoms. The van der Waals surface area contributed by atoms with Crippen LogP contribution in [0.5, 0.6) is 0 Å². The van der Waals surface area contributed by atoms with E-state index in [-0.39, 0.29) is 11.8 Å². The maximum absolute atomic E-state index is 11.9. The van der Waals surface area contributed by atoms with Crippen molar-refractivity contribution in [3.63, 3.8) is 0 Å². The van der Waals surface area contributed by atoms with E-state index in [1.807, 2.05) is 18.2 Å². The lowest BCUT2D eigenvalue weighted by atomic mass is 9.94. The van der Waals surface area contributed by atoms with E-state index in [2.05, 4.69) is 10.3 Å². The molecule has 88 valence electrons. The quantitative estimate of drug-likeness (QED) is 0.588. The van der Waals surface area contributed by atoms with Gasteiger partial charge in [-0.05, 0) is 24.3 Å². The predicted molar refractivity (Wildman–Crippen MR) is 67.6 cm³/mol. The highest BCUT2D eigenvalue weighted by Crippen LogP contribution is 2.25. The average molecular weight is 238 g/mol. The Balaban J connectivity index is 2.18. The number of carbonyl (C=O) groups excluding carboxylic acids is 2. The van der Waals surface area contributed by atoms with Gasteiger partial charge in [-0.1, -0.05) is 18.2 Å². The largest absolute Gasteiger partial charge is 0.362 e. The van der Waals surface area contributed by atoms with Crippen molar-refractivity contribution in [1.82, 2.24) is 10.3 Å². The van der Waals surface area contributed by atoms with Crippen LogP contribution in [0, 0.1) is 0 Å². The Hall–Kier alpha value is -2.62. The number of benzene rings is 1. The Morgan fingerprint density at radius 1 is 0.889 bits per heavy atom. The van der Waals surface area contributed by atoms with Gasteiger partial charge in [0.25, 0.3) is 11.8 Å². The first-order valence-corrected chi connectivity index (χ1v) is 5.56. The van der Waals surface area contributed by atoms with Gasteiger partial charge >= 0.3 is 0 Å². The van der Waals surface area contributed by atoms with Gasteiger partial charge in [-0.25, -0.2) is 0 Å². The second kappa shape index (κ2) is 4.00. The molecule has 1 aliphatic heterocycles. The van der Waals surface area contributed by atoms with Crippen molar-refractivity contribution in [1.29, 1.82) is 0 Å². The number of amides is 2. The molecule has 4 heteroatoms. The van der Waals surface area contributed by atoms with Crippen LogP contribution in [0.3, 0.4) is 0 Å². The normalized spacial score (nSPS) is 16.6. The second-order valence-electron chi connectivity index (χ2n) is 4.01. The minimum Gasteiger partial charge on any atom is -0.362 e. The summed E-state index contributed by atoms with van der Waals surface area (Å²) in [4.78, 5) is 26.6. The molecule has 2 heterocycles. The van der Waals surface area contributed by atoms with Crippen LogP contribution in [-0.2, 0) is 4.79 Å². The SMILES string of the molecule is O=C1NC(=O)c2ccccc2/C1=C/c1ccc[nH]1. The van der Waals surface area contributed by atoms with Crippen molar-refractivity contribution in [3.05, 3.63) is 59.4 Å². The van der Waals surface area contributed by atoms with Gasteiger partial charge in [0, 0.05) is 28.6 Å². The molecule has 1 aromatic heterocycles. The first-order chi connectivity index (χ1) is 8.75.